The predicted molar refractivity (Wildman–Crippen MR) is 93.9 cm³/mol. The molecule has 0 amide bonds. The summed E-state index contributed by atoms with van der Waals surface area (Å²) in [6.45, 7) is 0. The first kappa shape index (κ1) is 14.1. The zero-order valence-corrected chi connectivity index (χ0v) is 13.7. The largest absolute Gasteiger partial charge is 0.353 e. The Morgan fingerprint density at radius 3 is 2.76 bits per heavy atom. The molecule has 0 aliphatic carbocycles. The number of benzene rings is 2. The highest BCUT2D eigenvalue weighted by molar-refractivity contribution is 14.1. The van der Waals surface area contributed by atoms with Gasteiger partial charge in [0.1, 0.15) is 6.07 Å². The topological polar surface area (TPSA) is 48.7 Å². The van der Waals surface area contributed by atoms with Crippen molar-refractivity contribution < 1.29 is 0 Å². The average Bonchev–Trinajstić information content (AvgIpc) is 2.50. The molecule has 1 heterocycles. The SMILES string of the molecule is N#Cc1cnc2ccccc2c1Nc1ccc(I)cc1Cl. The molecule has 1 N–H and O–H groups in total. The molecule has 21 heavy (non-hydrogen) atoms. The van der Waals surface area contributed by atoms with Gasteiger partial charge in [0.25, 0.3) is 0 Å². The maximum atomic E-state index is 9.31. The van der Waals surface area contributed by atoms with Crippen LogP contribution < -0.4 is 5.32 Å². The lowest BCUT2D eigenvalue weighted by Crippen LogP contribution is -1.97. The molecule has 3 rings (SSSR count). The molecule has 0 spiro atoms. The maximum absolute atomic E-state index is 9.31. The summed E-state index contributed by atoms with van der Waals surface area (Å²) in [5.74, 6) is 0. The first-order valence-corrected chi connectivity index (χ1v) is 7.64. The van der Waals surface area contributed by atoms with Gasteiger partial charge in [-0.15, -0.1) is 0 Å². The second kappa shape index (κ2) is 5.88. The third-order valence-corrected chi connectivity index (χ3v) is 4.07. The number of fused-ring (bicyclic) bond motifs is 1. The zero-order chi connectivity index (χ0) is 14.8. The Kier molecular flexibility index (Phi) is 3.95. The molecule has 2 aromatic carbocycles. The van der Waals surface area contributed by atoms with E-state index in [-0.39, 0.29) is 0 Å². The van der Waals surface area contributed by atoms with Gasteiger partial charge in [-0.1, -0.05) is 29.8 Å². The van der Waals surface area contributed by atoms with E-state index in [1.165, 1.54) is 0 Å². The Bertz CT molecular complexity index is 871. The summed E-state index contributed by atoms with van der Waals surface area (Å²) in [4.78, 5) is 4.29. The number of hydrogen-bond acceptors (Lipinski definition) is 3. The normalized spacial score (nSPS) is 10.3. The molecule has 0 bridgehead atoms. The van der Waals surface area contributed by atoms with E-state index in [0.29, 0.717) is 10.6 Å². The minimum absolute atomic E-state index is 0.489. The van der Waals surface area contributed by atoms with Gasteiger partial charge in [0.15, 0.2) is 0 Å². The van der Waals surface area contributed by atoms with E-state index in [1.807, 2.05) is 42.5 Å². The van der Waals surface area contributed by atoms with Gasteiger partial charge in [0, 0.05) is 15.2 Å². The van der Waals surface area contributed by atoms with Gasteiger partial charge < -0.3 is 5.32 Å². The number of rotatable bonds is 2. The standard InChI is InChI=1S/C16H9ClIN3/c17-13-7-11(18)5-6-15(13)21-16-10(8-19)9-20-14-4-2-1-3-12(14)16/h1-7,9H,(H,20,21). The molecule has 1 aromatic heterocycles. The number of nitrogens with zero attached hydrogens (tertiary/aromatic N) is 2. The summed E-state index contributed by atoms with van der Waals surface area (Å²) in [6.07, 6.45) is 1.57. The molecule has 5 heteroatoms. The van der Waals surface area contributed by atoms with Crippen LogP contribution >= 0.6 is 34.2 Å². The van der Waals surface area contributed by atoms with Crippen molar-refractivity contribution in [2.45, 2.75) is 0 Å². The lowest BCUT2D eigenvalue weighted by Gasteiger charge is -2.12. The van der Waals surface area contributed by atoms with E-state index in [0.717, 1.165) is 25.8 Å². The highest BCUT2D eigenvalue weighted by Gasteiger charge is 2.10. The van der Waals surface area contributed by atoms with E-state index < -0.39 is 0 Å². The Morgan fingerprint density at radius 1 is 1.19 bits per heavy atom. The number of aromatic nitrogens is 1. The van der Waals surface area contributed by atoms with Crippen LogP contribution in [0.3, 0.4) is 0 Å². The Labute approximate surface area is 140 Å². The molecule has 3 aromatic rings. The number of anilines is 2. The van der Waals surface area contributed by atoms with Crippen LogP contribution in [-0.4, -0.2) is 4.98 Å². The fourth-order valence-corrected chi connectivity index (χ4v) is 2.99. The fourth-order valence-electron chi connectivity index (χ4n) is 2.09. The van der Waals surface area contributed by atoms with Gasteiger partial charge in [-0.25, -0.2) is 0 Å². The second-order valence-electron chi connectivity index (χ2n) is 4.42. The number of hydrogen-bond donors (Lipinski definition) is 1. The molecule has 0 saturated heterocycles. The van der Waals surface area contributed by atoms with Crippen molar-refractivity contribution in [1.82, 2.24) is 4.98 Å². The molecule has 0 radical (unpaired) electrons. The smallest absolute Gasteiger partial charge is 0.103 e. The summed E-state index contributed by atoms with van der Waals surface area (Å²) < 4.78 is 1.06. The fraction of sp³-hybridized carbons (Fsp3) is 0. The molecule has 0 aliphatic rings. The number of para-hydroxylation sites is 1. The monoisotopic (exact) mass is 405 g/mol. The van der Waals surface area contributed by atoms with E-state index in [1.54, 1.807) is 6.20 Å². The zero-order valence-electron chi connectivity index (χ0n) is 10.8. The van der Waals surface area contributed by atoms with Crippen LogP contribution in [0.4, 0.5) is 11.4 Å². The number of pyridine rings is 1. The van der Waals surface area contributed by atoms with Gasteiger partial charge >= 0.3 is 0 Å². The lowest BCUT2D eigenvalue weighted by atomic mass is 10.1. The number of nitrogens with one attached hydrogen (secondary N) is 1. The van der Waals surface area contributed by atoms with Crippen molar-refractivity contribution in [2.24, 2.45) is 0 Å². The van der Waals surface area contributed by atoms with Crippen LogP contribution in [0.1, 0.15) is 5.56 Å². The van der Waals surface area contributed by atoms with Gasteiger partial charge in [-0.3, -0.25) is 4.98 Å². The van der Waals surface area contributed by atoms with Gasteiger partial charge in [-0.2, -0.15) is 5.26 Å². The molecule has 0 fully saturated rings. The Morgan fingerprint density at radius 2 is 2.00 bits per heavy atom. The molecule has 3 nitrogen and oxygen atoms in total. The van der Waals surface area contributed by atoms with Gasteiger partial charge in [-0.05, 0) is 46.9 Å². The maximum Gasteiger partial charge on any atom is 0.103 e. The highest BCUT2D eigenvalue weighted by atomic mass is 127. The minimum atomic E-state index is 0.489. The van der Waals surface area contributed by atoms with Crippen LogP contribution in [0.25, 0.3) is 10.9 Å². The van der Waals surface area contributed by atoms with Crippen LogP contribution in [0.15, 0.2) is 48.7 Å². The predicted octanol–water partition coefficient (Wildman–Crippen LogP) is 5.11. The third kappa shape index (κ3) is 2.80. The Hall–Kier alpha value is -1.84. The van der Waals surface area contributed by atoms with Gasteiger partial charge in [0.2, 0.25) is 0 Å². The minimum Gasteiger partial charge on any atom is -0.353 e. The quantitative estimate of drug-likeness (QED) is 0.603. The van der Waals surface area contributed by atoms with E-state index in [2.05, 4.69) is 39.0 Å². The number of halogens is 2. The summed E-state index contributed by atoms with van der Waals surface area (Å²) in [7, 11) is 0. The van der Waals surface area contributed by atoms with Crippen molar-refractivity contribution in [3.63, 3.8) is 0 Å². The third-order valence-electron chi connectivity index (χ3n) is 3.09. The van der Waals surface area contributed by atoms with Crippen molar-refractivity contribution >= 4 is 56.5 Å². The molecule has 0 unspecified atom stereocenters. The summed E-state index contributed by atoms with van der Waals surface area (Å²) >= 11 is 8.47. The van der Waals surface area contributed by atoms with Crippen molar-refractivity contribution in [1.29, 1.82) is 5.26 Å². The lowest BCUT2D eigenvalue weighted by molar-refractivity contribution is 1.36. The average molecular weight is 406 g/mol. The summed E-state index contributed by atoms with van der Waals surface area (Å²) in [5.41, 5.74) is 2.82. The van der Waals surface area contributed by atoms with Crippen LogP contribution in [-0.2, 0) is 0 Å². The summed E-state index contributed by atoms with van der Waals surface area (Å²) in [6, 6.07) is 15.6. The van der Waals surface area contributed by atoms with Crippen LogP contribution in [0.2, 0.25) is 5.02 Å². The van der Waals surface area contributed by atoms with Gasteiger partial charge in [0.05, 0.1) is 27.5 Å². The second-order valence-corrected chi connectivity index (χ2v) is 6.08. The molecular weight excluding hydrogens is 397 g/mol. The molecule has 102 valence electrons. The van der Waals surface area contributed by atoms with E-state index >= 15 is 0 Å². The highest BCUT2D eigenvalue weighted by Crippen LogP contribution is 2.32. The summed E-state index contributed by atoms with van der Waals surface area (Å²) in [5, 5.41) is 14.1. The molecule has 0 atom stereocenters. The van der Waals surface area contributed by atoms with Crippen molar-refractivity contribution in [3.8, 4) is 6.07 Å². The molecule has 0 saturated carbocycles. The van der Waals surface area contributed by atoms with Crippen molar-refractivity contribution in [2.75, 3.05) is 5.32 Å². The van der Waals surface area contributed by atoms with Crippen LogP contribution in [0.5, 0.6) is 0 Å². The molecule has 0 aliphatic heterocycles. The molecular formula is C16H9ClIN3. The van der Waals surface area contributed by atoms with E-state index in [4.69, 9.17) is 11.6 Å². The first-order chi connectivity index (χ1) is 10.2. The van der Waals surface area contributed by atoms with Crippen LogP contribution in [0, 0.1) is 14.9 Å². The number of nitriles is 1. The van der Waals surface area contributed by atoms with E-state index in [9.17, 15) is 5.26 Å². The van der Waals surface area contributed by atoms with Crippen molar-refractivity contribution in [3.05, 3.63) is 62.8 Å². The first-order valence-electron chi connectivity index (χ1n) is 6.19. The Balaban J connectivity index is 2.17.